The second kappa shape index (κ2) is 5.47. The number of carbonyl (C=O) groups excluding carboxylic acids is 1. The molecule has 0 unspecified atom stereocenters. The van der Waals surface area contributed by atoms with Crippen LogP contribution in [0.15, 0.2) is 24.3 Å². The number of benzene rings is 1. The van der Waals surface area contributed by atoms with Gasteiger partial charge >= 0.3 is 0 Å². The van der Waals surface area contributed by atoms with Gasteiger partial charge < -0.3 is 5.32 Å². The summed E-state index contributed by atoms with van der Waals surface area (Å²) in [6.07, 6.45) is 0.213. The van der Waals surface area contributed by atoms with Crippen LogP contribution in [-0.4, -0.2) is 5.91 Å². The van der Waals surface area contributed by atoms with Crippen LogP contribution in [0.2, 0.25) is 0 Å². The Labute approximate surface area is 88.7 Å². The smallest absolute Gasteiger partial charge is 0.221 e. The fraction of sp³-hybridized carbons (Fsp3) is 0.167. The summed E-state index contributed by atoms with van der Waals surface area (Å²) in [6.45, 7) is 1.45. The molecule has 15 heavy (non-hydrogen) atoms. The number of nitriles is 1. The van der Waals surface area contributed by atoms with Gasteiger partial charge in [-0.2, -0.15) is 5.26 Å². The molecule has 0 spiro atoms. The number of amides is 1. The van der Waals surface area contributed by atoms with Crippen molar-refractivity contribution >= 4 is 11.6 Å². The third-order valence-electron chi connectivity index (χ3n) is 1.58. The van der Waals surface area contributed by atoms with E-state index in [4.69, 9.17) is 5.26 Å². The summed E-state index contributed by atoms with van der Waals surface area (Å²) in [7, 11) is 0. The molecule has 1 aromatic carbocycles. The highest BCUT2D eigenvalue weighted by Gasteiger charge is 1.94. The van der Waals surface area contributed by atoms with Crippen LogP contribution in [0.5, 0.6) is 0 Å². The van der Waals surface area contributed by atoms with E-state index in [1.165, 1.54) is 6.92 Å². The number of nitrogens with zero attached hydrogens (tertiary/aromatic N) is 1. The zero-order chi connectivity index (χ0) is 11.1. The number of anilines is 1. The van der Waals surface area contributed by atoms with Gasteiger partial charge in [0.05, 0.1) is 12.5 Å². The van der Waals surface area contributed by atoms with Gasteiger partial charge in [-0.15, -0.1) is 0 Å². The van der Waals surface area contributed by atoms with E-state index >= 15 is 0 Å². The highest BCUT2D eigenvalue weighted by atomic mass is 16.1. The molecule has 0 fully saturated rings. The Bertz CT molecular complexity index is 460. The highest BCUT2D eigenvalue weighted by molar-refractivity contribution is 5.88. The van der Waals surface area contributed by atoms with Crippen LogP contribution < -0.4 is 5.32 Å². The van der Waals surface area contributed by atoms with E-state index in [1.807, 2.05) is 18.2 Å². The SMILES string of the molecule is CC(=O)Nc1cccc(C#CCC#N)c1. The van der Waals surface area contributed by atoms with E-state index < -0.39 is 0 Å². The molecule has 1 N–H and O–H groups in total. The van der Waals surface area contributed by atoms with Gasteiger partial charge in [-0.05, 0) is 18.2 Å². The first-order valence-corrected chi connectivity index (χ1v) is 4.46. The lowest BCUT2D eigenvalue weighted by Crippen LogP contribution is -2.05. The summed E-state index contributed by atoms with van der Waals surface area (Å²) in [5.74, 6) is 5.43. The molecule has 0 saturated heterocycles. The van der Waals surface area contributed by atoms with E-state index in [2.05, 4.69) is 17.2 Å². The average Bonchev–Trinajstić information content (AvgIpc) is 2.18. The monoisotopic (exact) mass is 198 g/mol. The summed E-state index contributed by atoms with van der Waals surface area (Å²) in [5.41, 5.74) is 1.50. The summed E-state index contributed by atoms with van der Waals surface area (Å²) in [6, 6.07) is 9.14. The third kappa shape index (κ3) is 3.97. The fourth-order valence-corrected chi connectivity index (χ4v) is 1.06. The van der Waals surface area contributed by atoms with Gasteiger partial charge in [0.15, 0.2) is 0 Å². The number of hydrogen-bond donors (Lipinski definition) is 1. The van der Waals surface area contributed by atoms with Gasteiger partial charge in [0.2, 0.25) is 5.91 Å². The number of hydrogen-bond acceptors (Lipinski definition) is 2. The van der Waals surface area contributed by atoms with E-state index in [0.29, 0.717) is 5.69 Å². The van der Waals surface area contributed by atoms with Gasteiger partial charge in [0.1, 0.15) is 0 Å². The van der Waals surface area contributed by atoms with Crippen molar-refractivity contribution in [2.45, 2.75) is 13.3 Å². The predicted molar refractivity (Wildman–Crippen MR) is 57.9 cm³/mol. The molecule has 1 aromatic rings. The molecule has 74 valence electrons. The lowest BCUT2D eigenvalue weighted by Gasteiger charge is -2.01. The molecule has 0 aliphatic heterocycles. The maximum absolute atomic E-state index is 10.8. The maximum Gasteiger partial charge on any atom is 0.221 e. The molecule has 3 heteroatoms. The van der Waals surface area contributed by atoms with Crippen molar-refractivity contribution in [2.75, 3.05) is 5.32 Å². The van der Waals surface area contributed by atoms with Crippen LogP contribution >= 0.6 is 0 Å². The first kappa shape index (κ1) is 10.8. The summed E-state index contributed by atoms with van der Waals surface area (Å²) < 4.78 is 0. The van der Waals surface area contributed by atoms with E-state index in [9.17, 15) is 4.79 Å². The summed E-state index contributed by atoms with van der Waals surface area (Å²) in [4.78, 5) is 10.8. The first-order chi connectivity index (χ1) is 7.22. The molecule has 0 saturated carbocycles. The molecule has 1 rings (SSSR count). The van der Waals surface area contributed by atoms with E-state index in [1.54, 1.807) is 12.1 Å². The molecule has 0 aromatic heterocycles. The Balaban J connectivity index is 2.80. The molecule has 0 atom stereocenters. The summed E-state index contributed by atoms with van der Waals surface area (Å²) in [5, 5.41) is 11.0. The minimum absolute atomic E-state index is 0.114. The molecule has 0 radical (unpaired) electrons. The molecule has 0 aliphatic rings. The minimum atomic E-state index is -0.114. The van der Waals surface area contributed by atoms with Crippen LogP contribution in [-0.2, 0) is 4.79 Å². The molecule has 0 aliphatic carbocycles. The van der Waals surface area contributed by atoms with Crippen LogP contribution in [0, 0.1) is 23.2 Å². The van der Waals surface area contributed by atoms with Crippen molar-refractivity contribution in [3.05, 3.63) is 29.8 Å². The normalized spacial score (nSPS) is 8.27. The van der Waals surface area contributed by atoms with Crippen molar-refractivity contribution in [2.24, 2.45) is 0 Å². The quantitative estimate of drug-likeness (QED) is 0.701. The van der Waals surface area contributed by atoms with Crippen LogP contribution in [0.25, 0.3) is 0 Å². The van der Waals surface area contributed by atoms with Crippen molar-refractivity contribution in [1.29, 1.82) is 5.26 Å². The second-order valence-corrected chi connectivity index (χ2v) is 2.90. The zero-order valence-corrected chi connectivity index (χ0v) is 8.37. The first-order valence-electron chi connectivity index (χ1n) is 4.46. The summed E-state index contributed by atoms with van der Waals surface area (Å²) >= 11 is 0. The van der Waals surface area contributed by atoms with Gasteiger partial charge in [-0.3, -0.25) is 4.79 Å². The Hall–Kier alpha value is -2.26. The number of nitrogens with one attached hydrogen (secondary N) is 1. The largest absolute Gasteiger partial charge is 0.326 e. The molecule has 0 heterocycles. The highest BCUT2D eigenvalue weighted by Crippen LogP contribution is 2.09. The lowest BCUT2D eigenvalue weighted by molar-refractivity contribution is -0.114. The van der Waals surface area contributed by atoms with Gasteiger partial charge in [-0.25, -0.2) is 0 Å². The Morgan fingerprint density at radius 1 is 1.53 bits per heavy atom. The Morgan fingerprint density at radius 2 is 2.33 bits per heavy atom. The standard InChI is InChI=1S/C12H10N2O/c1-10(15)14-12-7-4-6-11(9-12)5-2-3-8-13/h4,6-7,9H,3H2,1H3,(H,14,15). The van der Waals surface area contributed by atoms with Crippen molar-refractivity contribution in [3.8, 4) is 17.9 Å². The lowest BCUT2D eigenvalue weighted by atomic mass is 10.2. The second-order valence-electron chi connectivity index (χ2n) is 2.90. The Kier molecular flexibility index (Phi) is 3.94. The van der Waals surface area contributed by atoms with Gasteiger partial charge in [0, 0.05) is 18.2 Å². The number of rotatable bonds is 1. The van der Waals surface area contributed by atoms with E-state index in [0.717, 1.165) is 5.56 Å². The topological polar surface area (TPSA) is 52.9 Å². The third-order valence-corrected chi connectivity index (χ3v) is 1.58. The minimum Gasteiger partial charge on any atom is -0.326 e. The van der Waals surface area contributed by atoms with Crippen LogP contribution in [0.3, 0.4) is 0 Å². The van der Waals surface area contributed by atoms with Crippen molar-refractivity contribution < 1.29 is 4.79 Å². The zero-order valence-electron chi connectivity index (χ0n) is 8.37. The van der Waals surface area contributed by atoms with Crippen molar-refractivity contribution in [1.82, 2.24) is 0 Å². The molecular formula is C12H10N2O. The molecule has 1 amide bonds. The molecule has 3 nitrogen and oxygen atoms in total. The molecular weight excluding hydrogens is 188 g/mol. The van der Waals surface area contributed by atoms with Gasteiger partial charge in [0.25, 0.3) is 0 Å². The van der Waals surface area contributed by atoms with Crippen LogP contribution in [0.4, 0.5) is 5.69 Å². The molecule has 0 bridgehead atoms. The van der Waals surface area contributed by atoms with Crippen LogP contribution in [0.1, 0.15) is 18.9 Å². The maximum atomic E-state index is 10.8. The fourth-order valence-electron chi connectivity index (χ4n) is 1.06. The number of carbonyl (C=O) groups is 1. The predicted octanol–water partition coefficient (Wildman–Crippen LogP) is 1.91. The van der Waals surface area contributed by atoms with Crippen molar-refractivity contribution in [3.63, 3.8) is 0 Å². The Morgan fingerprint density at radius 3 is 3.00 bits per heavy atom. The van der Waals surface area contributed by atoms with E-state index in [-0.39, 0.29) is 12.3 Å². The average molecular weight is 198 g/mol. The van der Waals surface area contributed by atoms with Gasteiger partial charge in [-0.1, -0.05) is 17.9 Å².